The van der Waals surface area contributed by atoms with Gasteiger partial charge in [-0.1, -0.05) is 6.07 Å². The zero-order valence-corrected chi connectivity index (χ0v) is 11.2. The van der Waals surface area contributed by atoms with Crippen molar-refractivity contribution in [2.24, 2.45) is 0 Å². The average molecular weight is 291 g/mol. The zero-order valence-electron chi connectivity index (χ0n) is 11.2. The Morgan fingerprint density at radius 3 is 2.67 bits per heavy atom. The molecule has 8 heteroatoms. The van der Waals surface area contributed by atoms with Crippen molar-refractivity contribution in [2.45, 2.75) is 6.92 Å². The lowest BCUT2D eigenvalue weighted by Gasteiger charge is -2.12. The molecule has 110 valence electrons. The van der Waals surface area contributed by atoms with E-state index >= 15 is 0 Å². The second kappa shape index (κ2) is 5.61. The Bertz CT molecular complexity index is 625. The van der Waals surface area contributed by atoms with E-state index in [4.69, 9.17) is 5.11 Å². The first-order chi connectivity index (χ1) is 9.88. The largest absolute Gasteiger partial charge is 0.478 e. The molecule has 0 spiro atoms. The minimum absolute atomic E-state index is 0.0720. The van der Waals surface area contributed by atoms with E-state index in [9.17, 15) is 19.2 Å². The van der Waals surface area contributed by atoms with E-state index in [0.29, 0.717) is 5.56 Å². The lowest BCUT2D eigenvalue weighted by atomic mass is 10.1. The molecular weight excluding hydrogens is 278 g/mol. The summed E-state index contributed by atoms with van der Waals surface area (Å²) in [5.74, 6) is -2.16. The van der Waals surface area contributed by atoms with Crippen molar-refractivity contribution in [3.63, 3.8) is 0 Å². The van der Waals surface area contributed by atoms with E-state index in [1.165, 1.54) is 6.07 Å². The standard InChI is InChI=1S/C13H13N3O5/c1-7-2-3-8(4-9(7)12(19)20)15-10(17)6-16-11(18)5-14-13(16)21/h2-4H,5-6H2,1H3,(H,14,21)(H,15,17)(H,19,20). The summed E-state index contributed by atoms with van der Waals surface area (Å²) < 4.78 is 0. The molecular formula is C13H13N3O5. The van der Waals surface area contributed by atoms with Crippen molar-refractivity contribution in [1.29, 1.82) is 0 Å². The Kier molecular flexibility index (Phi) is 3.88. The number of nitrogens with zero attached hydrogens (tertiary/aromatic N) is 1. The van der Waals surface area contributed by atoms with Gasteiger partial charge in [-0.15, -0.1) is 0 Å². The van der Waals surface area contributed by atoms with Gasteiger partial charge < -0.3 is 15.7 Å². The van der Waals surface area contributed by atoms with Gasteiger partial charge in [0.2, 0.25) is 5.91 Å². The number of aryl methyl sites for hydroxylation is 1. The maximum atomic E-state index is 11.8. The van der Waals surface area contributed by atoms with Gasteiger partial charge in [-0.05, 0) is 24.6 Å². The zero-order chi connectivity index (χ0) is 15.6. The molecule has 0 aliphatic carbocycles. The number of carbonyl (C=O) groups is 4. The van der Waals surface area contributed by atoms with Crippen LogP contribution < -0.4 is 10.6 Å². The molecule has 1 saturated heterocycles. The van der Waals surface area contributed by atoms with Gasteiger partial charge in [0.25, 0.3) is 5.91 Å². The lowest BCUT2D eigenvalue weighted by molar-refractivity contribution is -0.128. The predicted octanol–water partition coefficient (Wildman–Crippen LogP) is 0.184. The third-order valence-corrected chi connectivity index (χ3v) is 2.99. The molecule has 1 heterocycles. The first-order valence-corrected chi connectivity index (χ1v) is 6.10. The number of imide groups is 1. The molecule has 8 nitrogen and oxygen atoms in total. The van der Waals surface area contributed by atoms with Gasteiger partial charge in [0.15, 0.2) is 0 Å². The molecule has 1 fully saturated rings. The predicted molar refractivity (Wildman–Crippen MR) is 71.9 cm³/mol. The van der Waals surface area contributed by atoms with E-state index < -0.39 is 30.4 Å². The summed E-state index contributed by atoms with van der Waals surface area (Å²) in [6, 6.07) is 3.81. The number of hydrogen-bond acceptors (Lipinski definition) is 4. The highest BCUT2D eigenvalue weighted by molar-refractivity contribution is 6.06. The van der Waals surface area contributed by atoms with Crippen molar-refractivity contribution in [3.05, 3.63) is 29.3 Å². The number of nitrogens with one attached hydrogen (secondary N) is 2. The van der Waals surface area contributed by atoms with E-state index in [1.54, 1.807) is 19.1 Å². The second-order valence-corrected chi connectivity index (χ2v) is 4.52. The Morgan fingerprint density at radius 2 is 2.10 bits per heavy atom. The second-order valence-electron chi connectivity index (χ2n) is 4.52. The van der Waals surface area contributed by atoms with Gasteiger partial charge in [0.1, 0.15) is 6.54 Å². The molecule has 1 aromatic carbocycles. The number of carboxylic acid groups (broad SMARTS) is 1. The van der Waals surface area contributed by atoms with Crippen LogP contribution in [-0.2, 0) is 9.59 Å². The van der Waals surface area contributed by atoms with Crippen LogP contribution in [0.2, 0.25) is 0 Å². The van der Waals surface area contributed by atoms with Gasteiger partial charge in [-0.2, -0.15) is 0 Å². The Balaban J connectivity index is 2.06. The molecule has 0 atom stereocenters. The summed E-state index contributed by atoms with van der Waals surface area (Å²) in [6.07, 6.45) is 0. The smallest absolute Gasteiger partial charge is 0.336 e. The molecule has 4 amide bonds. The van der Waals surface area contributed by atoms with Crippen LogP contribution >= 0.6 is 0 Å². The summed E-state index contributed by atoms with van der Waals surface area (Å²) in [4.78, 5) is 46.2. The number of benzene rings is 1. The van der Waals surface area contributed by atoms with E-state index in [0.717, 1.165) is 4.90 Å². The van der Waals surface area contributed by atoms with Crippen molar-refractivity contribution >= 4 is 29.5 Å². The first-order valence-electron chi connectivity index (χ1n) is 6.10. The van der Waals surface area contributed by atoms with E-state index in [-0.39, 0.29) is 17.8 Å². The van der Waals surface area contributed by atoms with Gasteiger partial charge in [-0.3, -0.25) is 14.5 Å². The fourth-order valence-corrected chi connectivity index (χ4v) is 1.89. The molecule has 0 bridgehead atoms. The summed E-state index contributed by atoms with van der Waals surface area (Å²) in [5.41, 5.74) is 0.924. The fraction of sp³-hybridized carbons (Fsp3) is 0.231. The average Bonchev–Trinajstić information content (AvgIpc) is 2.72. The minimum Gasteiger partial charge on any atom is -0.478 e. The molecule has 21 heavy (non-hydrogen) atoms. The molecule has 0 saturated carbocycles. The number of carboxylic acids is 1. The van der Waals surface area contributed by atoms with Crippen LogP contribution in [-0.4, -0.2) is 46.9 Å². The molecule has 3 N–H and O–H groups in total. The number of hydrogen-bond donors (Lipinski definition) is 3. The maximum Gasteiger partial charge on any atom is 0.336 e. The van der Waals surface area contributed by atoms with Crippen molar-refractivity contribution in [1.82, 2.24) is 10.2 Å². The number of rotatable bonds is 4. The SMILES string of the molecule is Cc1ccc(NC(=O)CN2C(=O)CNC2=O)cc1C(=O)O. The van der Waals surface area contributed by atoms with Gasteiger partial charge in [0, 0.05) is 5.69 Å². The summed E-state index contributed by atoms with van der Waals surface area (Å²) in [7, 11) is 0. The normalized spacial score (nSPS) is 14.0. The Labute approximate surface area is 119 Å². The lowest BCUT2D eigenvalue weighted by Crippen LogP contribution is -2.38. The highest BCUT2D eigenvalue weighted by atomic mass is 16.4. The number of amides is 4. The molecule has 2 rings (SSSR count). The molecule has 1 aromatic rings. The maximum absolute atomic E-state index is 11.8. The topological polar surface area (TPSA) is 116 Å². The summed E-state index contributed by atoms with van der Waals surface area (Å²) in [5, 5.41) is 13.8. The molecule has 0 unspecified atom stereocenters. The van der Waals surface area contributed by atoms with Crippen LogP contribution in [0.15, 0.2) is 18.2 Å². The van der Waals surface area contributed by atoms with Gasteiger partial charge >= 0.3 is 12.0 Å². The monoisotopic (exact) mass is 291 g/mol. The van der Waals surface area contributed by atoms with Crippen molar-refractivity contribution in [2.75, 3.05) is 18.4 Å². The Morgan fingerprint density at radius 1 is 1.38 bits per heavy atom. The van der Waals surface area contributed by atoms with Crippen molar-refractivity contribution < 1.29 is 24.3 Å². The highest BCUT2D eigenvalue weighted by Gasteiger charge is 2.30. The minimum atomic E-state index is -1.10. The number of aromatic carboxylic acids is 1. The Hall–Kier alpha value is -2.90. The summed E-state index contributed by atoms with van der Waals surface area (Å²) >= 11 is 0. The third-order valence-electron chi connectivity index (χ3n) is 2.99. The molecule has 1 aliphatic heterocycles. The molecule has 0 aromatic heterocycles. The quantitative estimate of drug-likeness (QED) is 0.684. The highest BCUT2D eigenvalue weighted by Crippen LogP contribution is 2.15. The van der Waals surface area contributed by atoms with Crippen LogP contribution in [0, 0.1) is 6.92 Å². The molecule has 0 radical (unpaired) electrons. The summed E-state index contributed by atoms with van der Waals surface area (Å²) in [6.45, 7) is 1.10. The van der Waals surface area contributed by atoms with Gasteiger partial charge in [-0.25, -0.2) is 9.59 Å². The third kappa shape index (κ3) is 3.16. The van der Waals surface area contributed by atoms with Crippen LogP contribution in [0.25, 0.3) is 0 Å². The van der Waals surface area contributed by atoms with Gasteiger partial charge in [0.05, 0.1) is 12.1 Å². The first kappa shape index (κ1) is 14.5. The number of anilines is 1. The van der Waals surface area contributed by atoms with Crippen LogP contribution in [0.4, 0.5) is 10.5 Å². The van der Waals surface area contributed by atoms with Crippen molar-refractivity contribution in [3.8, 4) is 0 Å². The van der Waals surface area contributed by atoms with Crippen LogP contribution in [0.1, 0.15) is 15.9 Å². The molecule has 1 aliphatic rings. The number of carbonyl (C=O) groups excluding carboxylic acids is 3. The van der Waals surface area contributed by atoms with Crippen LogP contribution in [0.3, 0.4) is 0 Å². The van der Waals surface area contributed by atoms with E-state index in [2.05, 4.69) is 10.6 Å². The fourth-order valence-electron chi connectivity index (χ4n) is 1.89. The van der Waals surface area contributed by atoms with E-state index in [1.807, 2.05) is 0 Å². The van der Waals surface area contributed by atoms with Crippen LogP contribution in [0.5, 0.6) is 0 Å². The number of urea groups is 1.